The van der Waals surface area contributed by atoms with Gasteiger partial charge in [-0.1, -0.05) is 32.4 Å². The molecule has 2 rings (SSSR count). The topological polar surface area (TPSA) is 30.2 Å². The van der Waals surface area contributed by atoms with Gasteiger partial charge in [0.25, 0.3) is 0 Å². The standard InChI is InChI=1S/C10H11BrClN3/c1-10(2,3)7-4-8(12)15-9(14-7)6(11)5-13-15/h4-5H,1-3H3. The van der Waals surface area contributed by atoms with Gasteiger partial charge < -0.3 is 0 Å². The molecule has 0 aliphatic carbocycles. The van der Waals surface area contributed by atoms with Crippen molar-refractivity contribution >= 4 is 33.2 Å². The summed E-state index contributed by atoms with van der Waals surface area (Å²) >= 11 is 9.52. The van der Waals surface area contributed by atoms with Gasteiger partial charge in [0.15, 0.2) is 5.65 Å². The minimum Gasteiger partial charge on any atom is -0.232 e. The number of halogens is 2. The molecule has 0 radical (unpaired) electrons. The molecule has 0 saturated heterocycles. The van der Waals surface area contributed by atoms with Gasteiger partial charge >= 0.3 is 0 Å². The van der Waals surface area contributed by atoms with Crippen molar-refractivity contribution in [3.63, 3.8) is 0 Å². The van der Waals surface area contributed by atoms with Crippen LogP contribution in [0.4, 0.5) is 0 Å². The van der Waals surface area contributed by atoms with Crippen LogP contribution in [0.25, 0.3) is 5.65 Å². The number of rotatable bonds is 0. The summed E-state index contributed by atoms with van der Waals surface area (Å²) in [6.45, 7) is 6.31. The minimum atomic E-state index is -0.0188. The summed E-state index contributed by atoms with van der Waals surface area (Å²) in [5.41, 5.74) is 1.70. The van der Waals surface area contributed by atoms with Gasteiger partial charge in [-0.2, -0.15) is 5.10 Å². The smallest absolute Gasteiger partial charge is 0.171 e. The lowest BCUT2D eigenvalue weighted by atomic mass is 9.92. The van der Waals surface area contributed by atoms with E-state index >= 15 is 0 Å². The molecule has 0 saturated carbocycles. The van der Waals surface area contributed by atoms with E-state index < -0.39 is 0 Å². The van der Waals surface area contributed by atoms with E-state index in [1.165, 1.54) is 0 Å². The van der Waals surface area contributed by atoms with E-state index in [-0.39, 0.29) is 5.41 Å². The van der Waals surface area contributed by atoms with Gasteiger partial charge in [0.1, 0.15) is 5.15 Å². The third-order valence-electron chi connectivity index (χ3n) is 2.15. The molecule has 0 atom stereocenters. The highest BCUT2D eigenvalue weighted by Gasteiger charge is 2.18. The van der Waals surface area contributed by atoms with Gasteiger partial charge in [-0.15, -0.1) is 0 Å². The summed E-state index contributed by atoms with van der Waals surface area (Å²) in [5.74, 6) is 0. The maximum Gasteiger partial charge on any atom is 0.171 e. The Morgan fingerprint density at radius 3 is 2.67 bits per heavy atom. The van der Waals surface area contributed by atoms with Crippen LogP contribution in [-0.4, -0.2) is 14.6 Å². The number of hydrogen-bond acceptors (Lipinski definition) is 2. The van der Waals surface area contributed by atoms with Gasteiger partial charge in [-0.3, -0.25) is 0 Å². The first-order valence-corrected chi connectivity index (χ1v) is 5.77. The van der Waals surface area contributed by atoms with E-state index in [0.29, 0.717) is 5.15 Å². The Kier molecular flexibility index (Phi) is 2.51. The monoisotopic (exact) mass is 287 g/mol. The summed E-state index contributed by atoms with van der Waals surface area (Å²) < 4.78 is 2.47. The van der Waals surface area contributed by atoms with Crippen molar-refractivity contribution in [1.82, 2.24) is 14.6 Å². The molecule has 5 heteroatoms. The lowest BCUT2D eigenvalue weighted by Gasteiger charge is -2.18. The Balaban J connectivity index is 2.76. The van der Waals surface area contributed by atoms with Gasteiger partial charge in [-0.05, 0) is 22.0 Å². The van der Waals surface area contributed by atoms with E-state index in [1.54, 1.807) is 10.7 Å². The van der Waals surface area contributed by atoms with Crippen LogP contribution in [0.3, 0.4) is 0 Å². The summed E-state index contributed by atoms with van der Waals surface area (Å²) in [4.78, 5) is 4.54. The normalized spacial score (nSPS) is 12.3. The van der Waals surface area contributed by atoms with Gasteiger partial charge in [0.2, 0.25) is 0 Å². The van der Waals surface area contributed by atoms with E-state index in [2.05, 4.69) is 46.8 Å². The fourth-order valence-electron chi connectivity index (χ4n) is 1.28. The first kappa shape index (κ1) is 10.9. The van der Waals surface area contributed by atoms with Crippen molar-refractivity contribution in [2.75, 3.05) is 0 Å². The molecule has 0 bridgehead atoms. The molecule has 2 aromatic heterocycles. The van der Waals surface area contributed by atoms with Crippen molar-refractivity contribution in [3.05, 3.63) is 27.6 Å². The molecule has 2 aromatic rings. The van der Waals surface area contributed by atoms with E-state index in [1.807, 2.05) is 6.07 Å². The molecule has 0 fully saturated rings. The van der Waals surface area contributed by atoms with Gasteiger partial charge in [0, 0.05) is 5.41 Å². The first-order valence-electron chi connectivity index (χ1n) is 4.60. The number of nitrogens with zero attached hydrogens (tertiary/aromatic N) is 3. The molecule has 80 valence electrons. The number of hydrogen-bond donors (Lipinski definition) is 0. The average Bonchev–Trinajstić information content (AvgIpc) is 2.47. The average molecular weight is 289 g/mol. The lowest BCUT2D eigenvalue weighted by molar-refractivity contribution is 0.568. The van der Waals surface area contributed by atoms with Crippen LogP contribution < -0.4 is 0 Å². The Morgan fingerprint density at radius 1 is 1.40 bits per heavy atom. The fraction of sp³-hybridized carbons (Fsp3) is 0.400. The van der Waals surface area contributed by atoms with Crippen LogP contribution in [0.1, 0.15) is 26.5 Å². The Hall–Kier alpha value is -0.610. The molecule has 15 heavy (non-hydrogen) atoms. The summed E-state index contributed by atoms with van der Waals surface area (Å²) in [7, 11) is 0. The van der Waals surface area contributed by atoms with Gasteiger partial charge in [-0.25, -0.2) is 9.50 Å². The zero-order valence-electron chi connectivity index (χ0n) is 8.75. The first-order chi connectivity index (χ1) is 6.89. The van der Waals surface area contributed by atoms with Crippen molar-refractivity contribution in [2.45, 2.75) is 26.2 Å². The Labute approximate surface area is 102 Å². The fourth-order valence-corrected chi connectivity index (χ4v) is 1.86. The zero-order valence-corrected chi connectivity index (χ0v) is 11.1. The third-order valence-corrected chi connectivity index (χ3v) is 2.98. The maximum atomic E-state index is 6.12. The summed E-state index contributed by atoms with van der Waals surface area (Å²) in [6.07, 6.45) is 1.70. The SMILES string of the molecule is CC(C)(C)c1cc(Cl)n2ncc(Br)c2n1. The second kappa shape index (κ2) is 3.46. The molecule has 3 nitrogen and oxygen atoms in total. The molecular formula is C10H11BrClN3. The van der Waals surface area contributed by atoms with Crippen molar-refractivity contribution in [3.8, 4) is 0 Å². The maximum absolute atomic E-state index is 6.12. The van der Waals surface area contributed by atoms with Crippen LogP contribution in [0, 0.1) is 0 Å². The predicted octanol–water partition coefficient (Wildman–Crippen LogP) is 3.44. The van der Waals surface area contributed by atoms with E-state index in [9.17, 15) is 0 Å². The quantitative estimate of drug-likeness (QED) is 0.695. The molecule has 0 amide bonds. The van der Waals surface area contributed by atoms with Crippen LogP contribution >= 0.6 is 27.5 Å². The zero-order chi connectivity index (χ0) is 11.2. The summed E-state index contributed by atoms with van der Waals surface area (Å²) in [6, 6.07) is 1.86. The van der Waals surface area contributed by atoms with E-state index in [0.717, 1.165) is 15.8 Å². The van der Waals surface area contributed by atoms with Gasteiger partial charge in [0.05, 0.1) is 16.4 Å². The Morgan fingerprint density at radius 2 is 2.07 bits per heavy atom. The van der Waals surface area contributed by atoms with Crippen LogP contribution in [0.15, 0.2) is 16.7 Å². The second-order valence-electron chi connectivity index (χ2n) is 4.44. The number of aromatic nitrogens is 3. The van der Waals surface area contributed by atoms with Crippen LogP contribution in [0.2, 0.25) is 5.15 Å². The minimum absolute atomic E-state index is 0.0188. The molecule has 0 spiro atoms. The van der Waals surface area contributed by atoms with Crippen molar-refractivity contribution < 1.29 is 0 Å². The highest BCUT2D eigenvalue weighted by molar-refractivity contribution is 9.10. The highest BCUT2D eigenvalue weighted by atomic mass is 79.9. The predicted molar refractivity (Wildman–Crippen MR) is 64.4 cm³/mol. The molecule has 0 aliphatic heterocycles. The lowest BCUT2D eigenvalue weighted by Crippen LogP contribution is -2.14. The third kappa shape index (κ3) is 1.88. The second-order valence-corrected chi connectivity index (χ2v) is 5.68. The number of fused-ring (bicyclic) bond motifs is 1. The molecular weight excluding hydrogens is 277 g/mol. The van der Waals surface area contributed by atoms with Crippen molar-refractivity contribution in [2.24, 2.45) is 0 Å². The molecule has 0 unspecified atom stereocenters. The molecule has 2 heterocycles. The van der Waals surface area contributed by atoms with Crippen LogP contribution in [-0.2, 0) is 5.41 Å². The summed E-state index contributed by atoms with van der Waals surface area (Å²) in [5, 5.41) is 4.70. The van der Waals surface area contributed by atoms with E-state index in [4.69, 9.17) is 11.6 Å². The molecule has 0 N–H and O–H groups in total. The largest absolute Gasteiger partial charge is 0.232 e. The highest BCUT2D eigenvalue weighted by Crippen LogP contribution is 2.26. The van der Waals surface area contributed by atoms with Crippen molar-refractivity contribution in [1.29, 1.82) is 0 Å². The molecule has 0 aliphatic rings. The molecule has 0 aromatic carbocycles. The van der Waals surface area contributed by atoms with Crippen LogP contribution in [0.5, 0.6) is 0 Å². The Bertz CT molecular complexity index is 513.